The number of rotatable bonds is 52. The number of quaternary nitrogens is 1. The van der Waals surface area contributed by atoms with Gasteiger partial charge in [0.05, 0.1) is 40.3 Å². The summed E-state index contributed by atoms with van der Waals surface area (Å²) in [5.74, 6) is -2.32. The van der Waals surface area contributed by atoms with Gasteiger partial charge in [-0.05, 0) is 103 Å². The van der Waals surface area contributed by atoms with Crippen molar-refractivity contribution < 1.29 is 42.9 Å². The first-order valence-electron chi connectivity index (χ1n) is 29.0. The normalized spacial score (nSPS) is 13.6. The van der Waals surface area contributed by atoms with Crippen LogP contribution in [0.2, 0.25) is 0 Å². The Balaban J connectivity index is 4.33. The van der Waals surface area contributed by atoms with Crippen LogP contribution in [0.25, 0.3) is 0 Å². The van der Waals surface area contributed by atoms with Gasteiger partial charge < -0.3 is 33.3 Å². The van der Waals surface area contributed by atoms with Crippen molar-refractivity contribution in [3.8, 4) is 0 Å². The number of hydrogen-bond acceptors (Lipinski definition) is 8. The van der Waals surface area contributed by atoms with Gasteiger partial charge in [0.2, 0.25) is 0 Å². The van der Waals surface area contributed by atoms with Crippen LogP contribution >= 0.6 is 0 Å². The van der Waals surface area contributed by atoms with Crippen molar-refractivity contribution in [2.24, 2.45) is 0 Å². The zero-order chi connectivity index (χ0) is 53.4. The van der Waals surface area contributed by atoms with Crippen molar-refractivity contribution in [1.29, 1.82) is 0 Å². The predicted molar refractivity (Wildman–Crippen MR) is 306 cm³/mol. The molecule has 0 N–H and O–H groups in total. The Morgan fingerprint density at radius 2 is 0.781 bits per heavy atom. The second kappa shape index (κ2) is 54.2. The zero-order valence-corrected chi connectivity index (χ0v) is 47.2. The standard InChI is InChI=1S/C64H107NO8/c1-6-8-10-12-14-16-18-20-22-24-26-28-29-30-31-32-33-35-37-39-41-43-45-47-49-51-53-55-62(67)73-60(59-72-64(63(68)69)70-57-56-65(3,4)5)58-71-61(66)54-52-50-48-46-44-42-40-38-36-34-27-25-23-21-19-17-15-13-11-9-7-2/h8,10,14,16,19-22,25-28,30-31,33,35-36,38,60,64H,6-7,9,11-13,15,17-18,23-24,29,32,34,37,39-59H2,1-5H3/b10-8-,16-14-,21-19-,22-20-,27-25-,28-26-,31-30-,35-33-,38-36-. The van der Waals surface area contributed by atoms with Gasteiger partial charge in [-0.3, -0.25) is 9.59 Å². The number of nitrogens with zero attached hydrogens (tertiary/aromatic N) is 1. The minimum Gasteiger partial charge on any atom is -0.545 e. The minimum absolute atomic E-state index is 0.138. The van der Waals surface area contributed by atoms with E-state index in [0.29, 0.717) is 17.4 Å². The average molecular weight is 1020 g/mol. The third-order valence-electron chi connectivity index (χ3n) is 12.0. The molecular weight excluding hydrogens is 911 g/mol. The first-order valence-corrected chi connectivity index (χ1v) is 29.0. The summed E-state index contributed by atoms with van der Waals surface area (Å²) in [5, 5.41) is 11.8. The Morgan fingerprint density at radius 1 is 0.425 bits per heavy atom. The highest BCUT2D eigenvalue weighted by molar-refractivity contribution is 5.70. The summed E-state index contributed by atoms with van der Waals surface area (Å²) in [5.41, 5.74) is 0. The summed E-state index contributed by atoms with van der Waals surface area (Å²) >= 11 is 0. The number of unbranched alkanes of at least 4 members (excludes halogenated alkanes) is 19. The summed E-state index contributed by atoms with van der Waals surface area (Å²) in [6.07, 6.45) is 71.2. The number of carboxylic acid groups (broad SMARTS) is 1. The number of aliphatic carboxylic acids is 1. The number of carbonyl (C=O) groups is 3. The van der Waals surface area contributed by atoms with E-state index in [1.54, 1.807) is 0 Å². The molecule has 2 unspecified atom stereocenters. The summed E-state index contributed by atoms with van der Waals surface area (Å²) in [7, 11) is 5.91. The summed E-state index contributed by atoms with van der Waals surface area (Å²) < 4.78 is 22.7. The molecule has 0 aromatic carbocycles. The lowest BCUT2D eigenvalue weighted by atomic mass is 10.1. The molecule has 2 atom stereocenters. The van der Waals surface area contributed by atoms with E-state index in [1.807, 2.05) is 21.1 Å². The molecular formula is C64H107NO8. The minimum atomic E-state index is -1.63. The van der Waals surface area contributed by atoms with Crippen molar-refractivity contribution >= 4 is 17.9 Å². The van der Waals surface area contributed by atoms with Gasteiger partial charge in [-0.1, -0.05) is 213 Å². The predicted octanol–water partition coefficient (Wildman–Crippen LogP) is 15.8. The number of ether oxygens (including phenoxy) is 4. The lowest BCUT2D eigenvalue weighted by molar-refractivity contribution is -0.870. The van der Waals surface area contributed by atoms with Crippen LogP contribution in [-0.4, -0.2) is 82.3 Å². The average Bonchev–Trinajstić information content (AvgIpc) is 3.36. The third-order valence-corrected chi connectivity index (χ3v) is 12.0. The van der Waals surface area contributed by atoms with Crippen LogP contribution in [0.5, 0.6) is 0 Å². The topological polar surface area (TPSA) is 111 Å². The van der Waals surface area contributed by atoms with Gasteiger partial charge in [0.25, 0.3) is 0 Å². The van der Waals surface area contributed by atoms with Gasteiger partial charge in [-0.2, -0.15) is 0 Å². The number of carboxylic acids is 1. The summed E-state index contributed by atoms with van der Waals surface area (Å²) in [4.78, 5) is 37.3. The van der Waals surface area contributed by atoms with Crippen LogP contribution in [0, 0.1) is 0 Å². The molecule has 73 heavy (non-hydrogen) atoms. The van der Waals surface area contributed by atoms with Gasteiger partial charge in [-0.15, -0.1) is 0 Å². The van der Waals surface area contributed by atoms with E-state index >= 15 is 0 Å². The van der Waals surface area contributed by atoms with Crippen molar-refractivity contribution in [3.63, 3.8) is 0 Å². The molecule has 0 fully saturated rings. The molecule has 9 nitrogen and oxygen atoms in total. The SMILES string of the molecule is CC/C=C\C/C=C\C/C=C\C/C=C\C/C=C\C/C=C\CCCCCCCCCCC(=O)OC(COC(=O)CCCCCCCC/C=C\C/C=C\C/C=C\CCCCCCC)COC(OCC[N+](C)(C)C)C(=O)[O-]. The highest BCUT2D eigenvalue weighted by Gasteiger charge is 2.22. The Morgan fingerprint density at radius 3 is 1.16 bits per heavy atom. The molecule has 0 bridgehead atoms. The summed E-state index contributed by atoms with van der Waals surface area (Å²) in [6.45, 7) is 4.59. The lowest BCUT2D eigenvalue weighted by Crippen LogP contribution is -2.44. The van der Waals surface area contributed by atoms with E-state index < -0.39 is 24.3 Å². The van der Waals surface area contributed by atoms with Gasteiger partial charge in [0.15, 0.2) is 12.4 Å². The van der Waals surface area contributed by atoms with Crippen LogP contribution in [0.1, 0.15) is 219 Å². The molecule has 0 aromatic heterocycles. The number of esters is 2. The van der Waals surface area contributed by atoms with Crippen molar-refractivity contribution in [1.82, 2.24) is 0 Å². The maximum atomic E-state index is 12.9. The molecule has 0 aliphatic carbocycles. The molecule has 9 heteroatoms. The van der Waals surface area contributed by atoms with Crippen LogP contribution in [-0.2, 0) is 33.3 Å². The second-order valence-corrected chi connectivity index (χ2v) is 20.2. The van der Waals surface area contributed by atoms with Crippen LogP contribution < -0.4 is 5.11 Å². The fourth-order valence-corrected chi connectivity index (χ4v) is 7.55. The van der Waals surface area contributed by atoms with Gasteiger partial charge in [-0.25, -0.2) is 0 Å². The molecule has 0 saturated carbocycles. The van der Waals surface area contributed by atoms with Gasteiger partial charge in [0, 0.05) is 12.8 Å². The van der Waals surface area contributed by atoms with E-state index in [-0.39, 0.29) is 38.6 Å². The Bertz CT molecular complexity index is 1560. The maximum Gasteiger partial charge on any atom is 0.306 e. The Labute approximate surface area is 447 Å². The molecule has 0 rings (SSSR count). The number of allylic oxidation sites excluding steroid dienone is 18. The highest BCUT2D eigenvalue weighted by atomic mass is 16.7. The molecule has 0 aliphatic heterocycles. The fraction of sp³-hybridized carbons (Fsp3) is 0.672. The lowest BCUT2D eigenvalue weighted by Gasteiger charge is -2.26. The third kappa shape index (κ3) is 55.5. The fourth-order valence-electron chi connectivity index (χ4n) is 7.55. The van der Waals surface area contributed by atoms with E-state index in [9.17, 15) is 19.5 Å². The smallest absolute Gasteiger partial charge is 0.306 e. The number of likely N-dealkylation sites (N-methyl/N-ethyl adjacent to an activating group) is 1. The quantitative estimate of drug-likeness (QED) is 0.0195. The van der Waals surface area contributed by atoms with Crippen LogP contribution in [0.15, 0.2) is 109 Å². The van der Waals surface area contributed by atoms with Gasteiger partial charge in [0.1, 0.15) is 13.2 Å². The van der Waals surface area contributed by atoms with Crippen LogP contribution in [0.3, 0.4) is 0 Å². The van der Waals surface area contributed by atoms with Crippen molar-refractivity contribution in [3.05, 3.63) is 109 Å². The molecule has 0 heterocycles. The van der Waals surface area contributed by atoms with Crippen LogP contribution in [0.4, 0.5) is 0 Å². The van der Waals surface area contributed by atoms with Crippen molar-refractivity contribution in [2.75, 3.05) is 47.5 Å². The second-order valence-electron chi connectivity index (χ2n) is 20.2. The maximum absolute atomic E-state index is 12.9. The first kappa shape index (κ1) is 69.0. The Kier molecular flexibility index (Phi) is 51.2. The van der Waals surface area contributed by atoms with E-state index in [2.05, 4.69) is 123 Å². The number of carbonyl (C=O) groups excluding carboxylic acids is 3. The highest BCUT2D eigenvalue weighted by Crippen LogP contribution is 2.14. The molecule has 0 radical (unpaired) electrons. The molecule has 0 spiro atoms. The largest absolute Gasteiger partial charge is 0.545 e. The number of hydrogen-bond donors (Lipinski definition) is 0. The summed E-state index contributed by atoms with van der Waals surface area (Å²) in [6, 6.07) is 0. The Hall–Kier alpha value is -4.05. The van der Waals surface area contributed by atoms with Gasteiger partial charge >= 0.3 is 11.9 Å². The van der Waals surface area contributed by atoms with Crippen molar-refractivity contribution in [2.45, 2.75) is 232 Å². The van der Waals surface area contributed by atoms with E-state index in [0.717, 1.165) is 109 Å². The first-order chi connectivity index (χ1) is 35.6. The molecule has 0 saturated heterocycles. The van der Waals surface area contributed by atoms with E-state index in [4.69, 9.17) is 18.9 Å². The zero-order valence-electron chi connectivity index (χ0n) is 47.2. The van der Waals surface area contributed by atoms with E-state index in [1.165, 1.54) is 77.0 Å². The molecule has 0 aliphatic rings. The molecule has 416 valence electrons. The monoisotopic (exact) mass is 1020 g/mol. The molecule has 0 amide bonds. The molecule has 0 aromatic rings.